The smallest absolute Gasteiger partial charge is 0.243 e. The normalized spacial score (nSPS) is 17.2. The standard InChI is InChI=1S/C27H22N2O3S/c30-33(31,23-14-12-20-9-4-5-10-21(20)17-23)29-16-6-11-25(29)27-28-24-18-22(13-15-26(24)32-27)19-7-2-1-3-8-19/h1-5,7-10,12-15,17-18,25H,6,11,16H2. The molecule has 33 heavy (non-hydrogen) atoms. The summed E-state index contributed by atoms with van der Waals surface area (Å²) in [5.74, 6) is 0.456. The van der Waals surface area contributed by atoms with Gasteiger partial charge < -0.3 is 4.42 Å². The number of hydrogen-bond donors (Lipinski definition) is 0. The van der Waals surface area contributed by atoms with Crippen LogP contribution in [-0.4, -0.2) is 24.3 Å². The maximum Gasteiger partial charge on any atom is 0.243 e. The second-order valence-corrected chi connectivity index (χ2v) is 10.3. The lowest BCUT2D eigenvalue weighted by molar-refractivity contribution is 0.337. The Morgan fingerprint density at radius 1 is 0.818 bits per heavy atom. The lowest BCUT2D eigenvalue weighted by Gasteiger charge is -2.22. The fourth-order valence-corrected chi connectivity index (χ4v) is 6.32. The number of fused-ring (bicyclic) bond motifs is 2. The summed E-state index contributed by atoms with van der Waals surface area (Å²) in [6.07, 6.45) is 1.46. The number of nitrogens with zero attached hydrogens (tertiary/aromatic N) is 2. The van der Waals surface area contributed by atoms with Crippen LogP contribution in [0.4, 0.5) is 0 Å². The van der Waals surface area contributed by atoms with Gasteiger partial charge in [0.05, 0.1) is 4.90 Å². The highest BCUT2D eigenvalue weighted by molar-refractivity contribution is 7.89. The SMILES string of the molecule is O=S(=O)(c1ccc2ccccc2c1)N1CCCC1c1nc2cc(-c3ccccc3)ccc2o1. The number of rotatable bonds is 4. The molecule has 0 radical (unpaired) electrons. The molecule has 0 saturated carbocycles. The predicted octanol–water partition coefficient (Wildman–Crippen LogP) is 6.17. The molecule has 0 bridgehead atoms. The van der Waals surface area contributed by atoms with Crippen LogP contribution in [0.5, 0.6) is 0 Å². The van der Waals surface area contributed by atoms with Gasteiger partial charge in [0.25, 0.3) is 0 Å². The molecule has 164 valence electrons. The van der Waals surface area contributed by atoms with Gasteiger partial charge >= 0.3 is 0 Å². The zero-order valence-corrected chi connectivity index (χ0v) is 18.7. The molecule has 1 aromatic heterocycles. The van der Waals surface area contributed by atoms with Crippen LogP contribution in [0.2, 0.25) is 0 Å². The topological polar surface area (TPSA) is 63.4 Å². The largest absolute Gasteiger partial charge is 0.439 e. The van der Waals surface area contributed by atoms with Gasteiger partial charge in [0.2, 0.25) is 15.9 Å². The van der Waals surface area contributed by atoms with E-state index in [0.717, 1.165) is 33.8 Å². The van der Waals surface area contributed by atoms with Crippen LogP contribution in [0.25, 0.3) is 33.0 Å². The first-order valence-electron chi connectivity index (χ1n) is 11.1. The minimum atomic E-state index is -3.68. The van der Waals surface area contributed by atoms with Crippen molar-refractivity contribution in [3.8, 4) is 11.1 Å². The summed E-state index contributed by atoms with van der Waals surface area (Å²) < 4.78 is 34.7. The zero-order chi connectivity index (χ0) is 22.4. The van der Waals surface area contributed by atoms with E-state index in [-0.39, 0.29) is 0 Å². The molecule has 0 spiro atoms. The van der Waals surface area contributed by atoms with Crippen molar-refractivity contribution in [1.29, 1.82) is 0 Å². The summed E-state index contributed by atoms with van der Waals surface area (Å²) >= 11 is 0. The minimum Gasteiger partial charge on any atom is -0.439 e. The van der Waals surface area contributed by atoms with Gasteiger partial charge in [0.15, 0.2) is 5.58 Å². The average molecular weight is 455 g/mol. The molecule has 0 N–H and O–H groups in total. The van der Waals surface area contributed by atoms with Gasteiger partial charge in [-0.25, -0.2) is 13.4 Å². The van der Waals surface area contributed by atoms with E-state index in [2.05, 4.69) is 12.1 Å². The van der Waals surface area contributed by atoms with Crippen molar-refractivity contribution in [2.45, 2.75) is 23.8 Å². The van der Waals surface area contributed by atoms with Gasteiger partial charge in [0, 0.05) is 6.54 Å². The number of sulfonamides is 1. The molecule has 1 aliphatic heterocycles. The zero-order valence-electron chi connectivity index (χ0n) is 17.9. The molecule has 1 fully saturated rings. The number of oxazole rings is 1. The van der Waals surface area contributed by atoms with Crippen molar-refractivity contribution >= 4 is 31.9 Å². The molecule has 6 heteroatoms. The first kappa shape index (κ1) is 20.1. The molecule has 2 heterocycles. The van der Waals surface area contributed by atoms with Crippen molar-refractivity contribution in [3.05, 3.63) is 96.9 Å². The molecule has 1 saturated heterocycles. The molecule has 6 rings (SSSR count). The second kappa shape index (κ2) is 7.83. The van der Waals surface area contributed by atoms with Crippen LogP contribution in [0.3, 0.4) is 0 Å². The second-order valence-electron chi connectivity index (χ2n) is 8.38. The summed E-state index contributed by atoms with van der Waals surface area (Å²) in [5.41, 5.74) is 3.56. The Morgan fingerprint density at radius 3 is 2.45 bits per heavy atom. The third-order valence-corrected chi connectivity index (χ3v) is 8.23. The van der Waals surface area contributed by atoms with Gasteiger partial charge in [-0.3, -0.25) is 0 Å². The Labute approximate surface area is 192 Å². The summed E-state index contributed by atoms with van der Waals surface area (Å²) in [6.45, 7) is 0.452. The van der Waals surface area contributed by atoms with Crippen LogP contribution in [0.1, 0.15) is 24.8 Å². The van der Waals surface area contributed by atoms with Crippen molar-refractivity contribution in [1.82, 2.24) is 9.29 Å². The quantitative estimate of drug-likeness (QED) is 0.326. The Morgan fingerprint density at radius 2 is 1.61 bits per heavy atom. The lowest BCUT2D eigenvalue weighted by atomic mass is 10.1. The molecule has 1 aliphatic rings. The summed E-state index contributed by atoms with van der Waals surface area (Å²) in [5, 5.41) is 1.92. The highest BCUT2D eigenvalue weighted by Gasteiger charge is 2.39. The van der Waals surface area contributed by atoms with Gasteiger partial charge in [-0.15, -0.1) is 0 Å². The fourth-order valence-electron chi connectivity index (χ4n) is 4.64. The first-order chi connectivity index (χ1) is 16.1. The van der Waals surface area contributed by atoms with E-state index in [9.17, 15) is 8.42 Å². The maximum atomic E-state index is 13.6. The van der Waals surface area contributed by atoms with Crippen molar-refractivity contribution in [2.75, 3.05) is 6.54 Å². The molecule has 5 aromatic rings. The van der Waals surface area contributed by atoms with E-state index in [1.807, 2.05) is 66.7 Å². The molecule has 1 atom stereocenters. The summed E-state index contributed by atoms with van der Waals surface area (Å²) in [7, 11) is -3.68. The molecule has 0 amide bonds. The van der Waals surface area contributed by atoms with Crippen LogP contribution in [-0.2, 0) is 10.0 Å². The van der Waals surface area contributed by atoms with Crippen LogP contribution in [0.15, 0.2) is 100 Å². The number of benzene rings is 4. The van der Waals surface area contributed by atoms with Crippen molar-refractivity contribution < 1.29 is 12.8 Å². The van der Waals surface area contributed by atoms with E-state index in [4.69, 9.17) is 9.40 Å². The first-order valence-corrected chi connectivity index (χ1v) is 12.5. The van der Waals surface area contributed by atoms with Crippen LogP contribution >= 0.6 is 0 Å². The monoisotopic (exact) mass is 454 g/mol. The number of aromatic nitrogens is 1. The summed E-state index contributed by atoms with van der Waals surface area (Å²) in [6, 6.07) is 28.7. The lowest BCUT2D eigenvalue weighted by Crippen LogP contribution is -2.30. The van der Waals surface area contributed by atoms with Crippen molar-refractivity contribution in [2.24, 2.45) is 0 Å². The van der Waals surface area contributed by atoms with E-state index >= 15 is 0 Å². The maximum absolute atomic E-state index is 13.6. The summed E-state index contributed by atoms with van der Waals surface area (Å²) in [4.78, 5) is 5.02. The molecule has 4 aromatic carbocycles. The Hall–Kier alpha value is -3.48. The molecular weight excluding hydrogens is 432 g/mol. The fraction of sp³-hybridized carbons (Fsp3) is 0.148. The predicted molar refractivity (Wildman–Crippen MR) is 129 cm³/mol. The van der Waals surface area contributed by atoms with Crippen LogP contribution < -0.4 is 0 Å². The highest BCUT2D eigenvalue weighted by atomic mass is 32.2. The van der Waals surface area contributed by atoms with Crippen molar-refractivity contribution in [3.63, 3.8) is 0 Å². The minimum absolute atomic E-state index is 0.301. The van der Waals surface area contributed by atoms with Gasteiger partial charge in [-0.1, -0.05) is 66.7 Å². The molecular formula is C27H22N2O3S. The van der Waals surface area contributed by atoms with E-state index < -0.39 is 16.1 Å². The average Bonchev–Trinajstić information content (AvgIpc) is 3.51. The van der Waals surface area contributed by atoms with E-state index in [0.29, 0.717) is 29.3 Å². The van der Waals surface area contributed by atoms with Gasteiger partial charge in [0.1, 0.15) is 11.6 Å². The van der Waals surface area contributed by atoms with E-state index in [1.54, 1.807) is 16.4 Å². The Kier molecular flexibility index (Phi) is 4.78. The molecule has 1 unspecified atom stereocenters. The molecule has 5 nitrogen and oxygen atoms in total. The highest BCUT2D eigenvalue weighted by Crippen LogP contribution is 2.38. The van der Waals surface area contributed by atoms with Crippen LogP contribution in [0, 0.1) is 0 Å². The Bertz CT molecular complexity index is 1580. The van der Waals surface area contributed by atoms with E-state index in [1.165, 1.54) is 0 Å². The third-order valence-electron chi connectivity index (χ3n) is 6.33. The third kappa shape index (κ3) is 3.52. The number of hydrogen-bond acceptors (Lipinski definition) is 4. The molecule has 0 aliphatic carbocycles. The van der Waals surface area contributed by atoms with Gasteiger partial charge in [-0.2, -0.15) is 4.31 Å². The van der Waals surface area contributed by atoms with Gasteiger partial charge in [-0.05, 0) is 59.0 Å². The Balaban J connectivity index is 1.36.